The van der Waals surface area contributed by atoms with Crippen LogP contribution in [0.3, 0.4) is 0 Å². The first-order valence-electron chi connectivity index (χ1n) is 6.44. The maximum atomic E-state index is 13.9. The molecule has 112 valence electrons. The lowest BCUT2D eigenvalue weighted by atomic mass is 9.93. The van der Waals surface area contributed by atoms with E-state index in [1.54, 1.807) is 32.2 Å². The lowest BCUT2D eigenvalue weighted by Gasteiger charge is -2.21. The Morgan fingerprint density at radius 1 is 1.00 bits per heavy atom. The monoisotopic (exact) mass is 297 g/mol. The first kappa shape index (κ1) is 15.5. The second-order valence-electron chi connectivity index (χ2n) is 4.81. The normalized spacial score (nSPS) is 13.2. The number of alkyl halides is 3. The highest BCUT2D eigenvalue weighted by atomic mass is 19.4. The Morgan fingerprint density at radius 3 is 2.19 bits per heavy atom. The number of benzene rings is 2. The van der Waals surface area contributed by atoms with E-state index in [-0.39, 0.29) is 0 Å². The van der Waals surface area contributed by atoms with E-state index in [1.165, 1.54) is 12.1 Å². The molecule has 0 radical (unpaired) electrons. The molecule has 0 aliphatic heterocycles. The average Bonchev–Trinajstić information content (AvgIpc) is 2.42. The summed E-state index contributed by atoms with van der Waals surface area (Å²) in [6, 6.07) is 9.23. The molecule has 1 atom stereocenters. The van der Waals surface area contributed by atoms with Crippen LogP contribution >= 0.6 is 0 Å². The fraction of sp³-hybridized carbons (Fsp3) is 0.250. The molecule has 0 saturated heterocycles. The molecule has 0 aromatic heterocycles. The molecule has 0 spiro atoms. The Morgan fingerprint density at radius 2 is 1.67 bits per heavy atom. The molecule has 0 fully saturated rings. The number of hydrogen-bond acceptors (Lipinski definition) is 1. The van der Waals surface area contributed by atoms with Crippen molar-refractivity contribution in [2.24, 2.45) is 0 Å². The van der Waals surface area contributed by atoms with E-state index < -0.39 is 23.6 Å². The van der Waals surface area contributed by atoms with Crippen molar-refractivity contribution in [3.8, 4) is 0 Å². The zero-order valence-electron chi connectivity index (χ0n) is 11.6. The van der Waals surface area contributed by atoms with Crippen LogP contribution in [0.1, 0.15) is 28.3 Å². The van der Waals surface area contributed by atoms with Crippen LogP contribution in [0, 0.1) is 12.7 Å². The predicted octanol–water partition coefficient (Wildman–Crippen LogP) is 4.46. The first-order valence-corrected chi connectivity index (χ1v) is 6.44. The van der Waals surface area contributed by atoms with Gasteiger partial charge in [-0.1, -0.05) is 24.3 Å². The molecule has 0 bridgehead atoms. The Hall–Kier alpha value is -1.88. The van der Waals surface area contributed by atoms with Crippen molar-refractivity contribution in [1.82, 2.24) is 5.32 Å². The summed E-state index contributed by atoms with van der Waals surface area (Å²) < 4.78 is 52.0. The Balaban J connectivity index is 2.47. The standard InChI is InChI=1S/C16H15F4N/c1-10-9-11(16(18,19)20)7-8-12(10)15(21-2)13-5-3-4-6-14(13)17/h3-9,15,21H,1-2H3. The van der Waals surface area contributed by atoms with E-state index >= 15 is 0 Å². The molecule has 1 nitrogen and oxygen atoms in total. The Labute approximate surface area is 120 Å². The van der Waals surface area contributed by atoms with Gasteiger partial charge in [0.25, 0.3) is 0 Å². The third-order valence-electron chi connectivity index (χ3n) is 3.41. The maximum absolute atomic E-state index is 13.9. The SMILES string of the molecule is CNC(c1ccc(C(F)(F)F)cc1C)c1ccccc1F. The van der Waals surface area contributed by atoms with Gasteiger partial charge < -0.3 is 5.32 Å². The van der Waals surface area contributed by atoms with Crippen molar-refractivity contribution in [1.29, 1.82) is 0 Å². The van der Waals surface area contributed by atoms with Gasteiger partial charge in [-0.25, -0.2) is 4.39 Å². The Bertz CT molecular complexity index is 634. The second kappa shape index (κ2) is 5.85. The van der Waals surface area contributed by atoms with Gasteiger partial charge in [-0.15, -0.1) is 0 Å². The molecule has 1 unspecified atom stereocenters. The Kier molecular flexibility index (Phi) is 4.32. The molecule has 0 amide bonds. The van der Waals surface area contributed by atoms with Crippen LogP contribution in [0.5, 0.6) is 0 Å². The van der Waals surface area contributed by atoms with Crippen molar-refractivity contribution < 1.29 is 17.6 Å². The van der Waals surface area contributed by atoms with Gasteiger partial charge in [-0.3, -0.25) is 0 Å². The number of aryl methyl sites for hydroxylation is 1. The van der Waals surface area contributed by atoms with Crippen LogP contribution in [0.2, 0.25) is 0 Å². The van der Waals surface area contributed by atoms with Crippen molar-refractivity contribution in [2.75, 3.05) is 7.05 Å². The smallest absolute Gasteiger partial charge is 0.309 e. The van der Waals surface area contributed by atoms with E-state index in [9.17, 15) is 17.6 Å². The van der Waals surface area contributed by atoms with Gasteiger partial charge in [0.05, 0.1) is 11.6 Å². The van der Waals surface area contributed by atoms with Crippen LogP contribution in [-0.2, 0) is 6.18 Å². The zero-order valence-corrected chi connectivity index (χ0v) is 11.6. The van der Waals surface area contributed by atoms with E-state index in [2.05, 4.69) is 5.32 Å². The van der Waals surface area contributed by atoms with Gasteiger partial charge >= 0.3 is 6.18 Å². The average molecular weight is 297 g/mol. The molecule has 2 rings (SSSR count). The van der Waals surface area contributed by atoms with Crippen molar-refractivity contribution >= 4 is 0 Å². The van der Waals surface area contributed by atoms with Gasteiger partial charge in [-0.2, -0.15) is 13.2 Å². The van der Waals surface area contributed by atoms with Crippen molar-refractivity contribution in [2.45, 2.75) is 19.1 Å². The van der Waals surface area contributed by atoms with E-state index in [1.807, 2.05) is 0 Å². The summed E-state index contributed by atoms with van der Waals surface area (Å²) in [5, 5.41) is 2.95. The van der Waals surface area contributed by atoms with E-state index in [0.29, 0.717) is 16.7 Å². The number of rotatable bonds is 3. The van der Waals surface area contributed by atoms with Crippen LogP contribution in [0.15, 0.2) is 42.5 Å². The third kappa shape index (κ3) is 3.24. The highest BCUT2D eigenvalue weighted by molar-refractivity contribution is 5.40. The molecule has 0 saturated carbocycles. The first-order chi connectivity index (χ1) is 9.84. The number of nitrogens with one attached hydrogen (secondary N) is 1. The summed E-state index contributed by atoms with van der Waals surface area (Å²) in [5.74, 6) is -0.392. The molecule has 2 aromatic carbocycles. The summed E-state index contributed by atoms with van der Waals surface area (Å²) in [6.07, 6.45) is -4.38. The minimum Gasteiger partial charge on any atom is -0.309 e. The molecule has 0 aliphatic rings. The second-order valence-corrected chi connectivity index (χ2v) is 4.81. The minimum absolute atomic E-state index is 0.392. The third-order valence-corrected chi connectivity index (χ3v) is 3.41. The van der Waals surface area contributed by atoms with Gasteiger partial charge in [0, 0.05) is 5.56 Å². The highest BCUT2D eigenvalue weighted by Crippen LogP contribution is 2.33. The highest BCUT2D eigenvalue weighted by Gasteiger charge is 2.31. The van der Waals surface area contributed by atoms with Crippen LogP contribution in [0.25, 0.3) is 0 Å². The zero-order chi connectivity index (χ0) is 15.6. The fourth-order valence-corrected chi connectivity index (χ4v) is 2.36. The molecule has 0 heterocycles. The van der Waals surface area contributed by atoms with Gasteiger partial charge in [0.1, 0.15) is 5.82 Å². The van der Waals surface area contributed by atoms with Gasteiger partial charge in [0.2, 0.25) is 0 Å². The molecule has 2 aromatic rings. The molecular formula is C16H15F4N. The van der Waals surface area contributed by atoms with Crippen molar-refractivity contribution in [3.05, 3.63) is 70.5 Å². The lowest BCUT2D eigenvalue weighted by Crippen LogP contribution is -2.20. The van der Waals surface area contributed by atoms with Crippen LogP contribution in [0.4, 0.5) is 17.6 Å². The molecular weight excluding hydrogens is 282 g/mol. The summed E-state index contributed by atoms with van der Waals surface area (Å²) in [4.78, 5) is 0. The summed E-state index contributed by atoms with van der Waals surface area (Å²) in [5.41, 5.74) is 0.790. The lowest BCUT2D eigenvalue weighted by molar-refractivity contribution is -0.137. The summed E-state index contributed by atoms with van der Waals surface area (Å²) >= 11 is 0. The maximum Gasteiger partial charge on any atom is 0.416 e. The largest absolute Gasteiger partial charge is 0.416 e. The van der Waals surface area contributed by atoms with E-state index in [0.717, 1.165) is 12.1 Å². The molecule has 21 heavy (non-hydrogen) atoms. The quantitative estimate of drug-likeness (QED) is 0.825. The van der Waals surface area contributed by atoms with Crippen molar-refractivity contribution in [3.63, 3.8) is 0 Å². The minimum atomic E-state index is -4.38. The number of hydrogen-bond donors (Lipinski definition) is 1. The fourth-order valence-electron chi connectivity index (χ4n) is 2.36. The van der Waals surface area contributed by atoms with Crippen LogP contribution in [-0.4, -0.2) is 7.05 Å². The molecule has 0 aliphatic carbocycles. The number of halogens is 4. The molecule has 5 heteroatoms. The van der Waals surface area contributed by atoms with Gasteiger partial charge in [0.15, 0.2) is 0 Å². The van der Waals surface area contributed by atoms with Crippen LogP contribution < -0.4 is 5.32 Å². The summed E-state index contributed by atoms with van der Waals surface area (Å²) in [6.45, 7) is 1.59. The van der Waals surface area contributed by atoms with E-state index in [4.69, 9.17) is 0 Å². The topological polar surface area (TPSA) is 12.0 Å². The predicted molar refractivity (Wildman–Crippen MR) is 73.5 cm³/mol. The molecule has 1 N–H and O–H groups in total. The van der Waals surface area contributed by atoms with Gasteiger partial charge in [-0.05, 0) is 43.3 Å². The summed E-state index contributed by atoms with van der Waals surface area (Å²) in [7, 11) is 1.65.